The van der Waals surface area contributed by atoms with E-state index in [1.165, 1.54) is 0 Å². The van der Waals surface area contributed by atoms with E-state index < -0.39 is 15.8 Å². The van der Waals surface area contributed by atoms with Gasteiger partial charge in [-0.3, -0.25) is 4.72 Å². The first-order chi connectivity index (χ1) is 9.59. The molecule has 0 atom stereocenters. The number of sulfonamides is 1. The molecule has 0 bridgehead atoms. The quantitative estimate of drug-likeness (QED) is 0.917. The molecule has 0 saturated heterocycles. The number of ether oxygens (including phenoxy) is 1. The highest BCUT2D eigenvalue weighted by Crippen LogP contribution is 2.24. The molecule has 0 aromatic heterocycles. The second kappa shape index (κ2) is 6.08. The molecule has 5 nitrogen and oxygen atoms in total. The van der Waals surface area contributed by atoms with Crippen LogP contribution in [0.4, 0.5) is 5.69 Å². The molecule has 0 aliphatic heterocycles. The molecule has 0 aliphatic rings. The Bertz CT molecular complexity index is 722. The minimum Gasteiger partial charge on any atom is -0.457 e. The molecule has 2 aromatic rings. The first-order valence-electron chi connectivity index (χ1n) is 5.79. The number of para-hydroxylation sites is 1. The Kier molecular flexibility index (Phi) is 4.23. The Morgan fingerprint density at radius 2 is 1.75 bits per heavy atom. The van der Waals surface area contributed by atoms with E-state index in [0.717, 1.165) is 0 Å². The minimum absolute atomic E-state index is 0.355. The first-order valence-corrected chi connectivity index (χ1v) is 7.45. The van der Waals surface area contributed by atoms with Gasteiger partial charge < -0.3 is 4.74 Å². The molecule has 0 saturated carbocycles. The number of nitrogens with zero attached hydrogens (tertiary/aromatic N) is 1. The van der Waals surface area contributed by atoms with Crippen molar-refractivity contribution in [3.8, 4) is 17.6 Å². The normalized spacial score (nSPS) is 10.6. The Morgan fingerprint density at radius 1 is 1.05 bits per heavy atom. The van der Waals surface area contributed by atoms with Crippen LogP contribution in [0.3, 0.4) is 0 Å². The van der Waals surface area contributed by atoms with Gasteiger partial charge in [0.05, 0.1) is 11.8 Å². The summed E-state index contributed by atoms with van der Waals surface area (Å²) in [5.41, 5.74) is 0.355. The molecule has 0 unspecified atom stereocenters. The number of anilines is 1. The maximum Gasteiger partial charge on any atom is 0.246 e. The predicted octanol–water partition coefficient (Wildman–Crippen LogP) is 2.74. The molecular weight excluding hydrogens is 276 g/mol. The van der Waals surface area contributed by atoms with E-state index in [9.17, 15) is 8.42 Å². The Balaban J connectivity index is 2.15. The molecule has 0 spiro atoms. The summed E-state index contributed by atoms with van der Waals surface area (Å²) in [5, 5.41) is 8.44. The van der Waals surface area contributed by atoms with Crippen LogP contribution in [-0.4, -0.2) is 14.2 Å². The van der Waals surface area contributed by atoms with Crippen LogP contribution in [0, 0.1) is 11.3 Å². The number of rotatable bonds is 5. The van der Waals surface area contributed by atoms with E-state index in [4.69, 9.17) is 10.00 Å². The molecule has 0 radical (unpaired) electrons. The van der Waals surface area contributed by atoms with Crippen molar-refractivity contribution in [2.75, 3.05) is 10.5 Å². The van der Waals surface area contributed by atoms with Crippen molar-refractivity contribution in [1.29, 1.82) is 5.26 Å². The summed E-state index contributed by atoms with van der Waals surface area (Å²) < 4.78 is 30.9. The van der Waals surface area contributed by atoms with Crippen LogP contribution < -0.4 is 9.46 Å². The predicted molar refractivity (Wildman–Crippen MR) is 76.0 cm³/mol. The van der Waals surface area contributed by atoms with Gasteiger partial charge in [0, 0.05) is 6.07 Å². The zero-order valence-corrected chi connectivity index (χ0v) is 11.3. The van der Waals surface area contributed by atoms with Gasteiger partial charge >= 0.3 is 0 Å². The van der Waals surface area contributed by atoms with Crippen LogP contribution in [0.2, 0.25) is 0 Å². The second-order valence-corrected chi connectivity index (χ2v) is 5.68. The molecule has 1 N–H and O–H groups in total. The van der Waals surface area contributed by atoms with Crippen LogP contribution in [0.5, 0.6) is 11.5 Å². The summed E-state index contributed by atoms with van der Waals surface area (Å²) in [4.78, 5) is 0. The Hall–Kier alpha value is -2.52. The van der Waals surface area contributed by atoms with Crippen LogP contribution >= 0.6 is 0 Å². The van der Waals surface area contributed by atoms with Crippen molar-refractivity contribution in [1.82, 2.24) is 0 Å². The number of hydrogen-bond acceptors (Lipinski definition) is 4. The van der Waals surface area contributed by atoms with Gasteiger partial charge in [-0.2, -0.15) is 5.26 Å². The zero-order valence-electron chi connectivity index (χ0n) is 10.5. The fourth-order valence-electron chi connectivity index (χ4n) is 1.55. The third-order valence-electron chi connectivity index (χ3n) is 2.34. The Labute approximate surface area is 117 Å². The molecule has 6 heteroatoms. The smallest absolute Gasteiger partial charge is 0.246 e. The molecule has 0 amide bonds. The van der Waals surface area contributed by atoms with E-state index in [-0.39, 0.29) is 0 Å². The van der Waals surface area contributed by atoms with Crippen LogP contribution in [0.25, 0.3) is 0 Å². The molecule has 2 rings (SSSR count). The van der Waals surface area contributed by atoms with E-state index in [2.05, 4.69) is 4.72 Å². The van der Waals surface area contributed by atoms with E-state index in [0.29, 0.717) is 17.2 Å². The topological polar surface area (TPSA) is 79.2 Å². The number of hydrogen-bond donors (Lipinski definition) is 1. The van der Waals surface area contributed by atoms with Crippen LogP contribution in [0.15, 0.2) is 54.6 Å². The summed E-state index contributed by atoms with van der Waals surface area (Å²) >= 11 is 0. The van der Waals surface area contributed by atoms with Gasteiger partial charge in [0.25, 0.3) is 0 Å². The molecular formula is C14H12N2O3S. The van der Waals surface area contributed by atoms with Gasteiger partial charge in [0.15, 0.2) is 5.75 Å². The molecule has 102 valence electrons. The summed E-state index contributed by atoms with van der Waals surface area (Å²) in [6, 6.07) is 17.3. The highest BCUT2D eigenvalue weighted by molar-refractivity contribution is 7.92. The zero-order chi connectivity index (χ0) is 14.4. The lowest BCUT2D eigenvalue weighted by Crippen LogP contribution is -2.15. The van der Waals surface area contributed by atoms with E-state index >= 15 is 0 Å². The monoisotopic (exact) mass is 288 g/mol. The highest BCUT2D eigenvalue weighted by Gasteiger charge is 2.09. The van der Waals surface area contributed by atoms with Crippen molar-refractivity contribution < 1.29 is 13.2 Å². The summed E-state index contributed by atoms with van der Waals surface area (Å²) in [5.74, 6) is 0.578. The van der Waals surface area contributed by atoms with E-state index in [1.54, 1.807) is 42.5 Å². The van der Waals surface area contributed by atoms with Gasteiger partial charge in [0.2, 0.25) is 10.0 Å². The van der Waals surface area contributed by atoms with Crippen molar-refractivity contribution in [2.24, 2.45) is 0 Å². The average Bonchev–Trinajstić information content (AvgIpc) is 2.39. The Morgan fingerprint density at radius 3 is 2.45 bits per heavy atom. The summed E-state index contributed by atoms with van der Waals surface area (Å²) in [6.45, 7) is 0. The summed E-state index contributed by atoms with van der Waals surface area (Å²) in [7, 11) is -3.64. The third-order valence-corrected chi connectivity index (χ3v) is 3.40. The average molecular weight is 288 g/mol. The SMILES string of the molecule is N#CCS(=O)(=O)Nc1cccc(Oc2ccccc2)c1. The lowest BCUT2D eigenvalue weighted by molar-refractivity contribution is 0.483. The van der Waals surface area contributed by atoms with E-state index in [1.807, 2.05) is 18.2 Å². The molecule has 0 heterocycles. The van der Waals surface area contributed by atoms with Crippen molar-refractivity contribution >= 4 is 15.7 Å². The molecule has 0 aliphatic carbocycles. The van der Waals surface area contributed by atoms with Gasteiger partial charge in [-0.25, -0.2) is 8.42 Å². The van der Waals surface area contributed by atoms with Crippen molar-refractivity contribution in [3.63, 3.8) is 0 Å². The van der Waals surface area contributed by atoms with Crippen molar-refractivity contribution in [2.45, 2.75) is 0 Å². The molecule has 2 aromatic carbocycles. The lowest BCUT2D eigenvalue weighted by atomic mass is 10.3. The van der Waals surface area contributed by atoms with Gasteiger partial charge in [-0.1, -0.05) is 24.3 Å². The molecule has 0 fully saturated rings. The largest absolute Gasteiger partial charge is 0.457 e. The number of benzene rings is 2. The third kappa shape index (κ3) is 4.00. The standard InChI is InChI=1S/C14H12N2O3S/c15-9-10-20(17,18)16-12-5-4-8-14(11-12)19-13-6-2-1-3-7-13/h1-8,11,16H,10H2. The van der Waals surface area contributed by atoms with Gasteiger partial charge in [-0.15, -0.1) is 0 Å². The van der Waals surface area contributed by atoms with Gasteiger partial charge in [-0.05, 0) is 24.3 Å². The first kappa shape index (κ1) is 13.9. The maximum absolute atomic E-state index is 11.5. The van der Waals surface area contributed by atoms with Gasteiger partial charge in [0.1, 0.15) is 11.5 Å². The van der Waals surface area contributed by atoms with Crippen molar-refractivity contribution in [3.05, 3.63) is 54.6 Å². The van der Waals surface area contributed by atoms with Crippen LogP contribution in [-0.2, 0) is 10.0 Å². The highest BCUT2D eigenvalue weighted by atomic mass is 32.2. The lowest BCUT2D eigenvalue weighted by Gasteiger charge is -2.08. The number of nitriles is 1. The fourth-order valence-corrected chi connectivity index (χ4v) is 2.28. The second-order valence-electron chi connectivity index (χ2n) is 3.96. The maximum atomic E-state index is 11.5. The van der Waals surface area contributed by atoms with Crippen LogP contribution in [0.1, 0.15) is 0 Å². The fraction of sp³-hybridized carbons (Fsp3) is 0.0714. The molecule has 20 heavy (non-hydrogen) atoms. The number of nitrogens with one attached hydrogen (secondary N) is 1. The minimum atomic E-state index is -3.64. The summed E-state index contributed by atoms with van der Waals surface area (Å²) in [6.07, 6.45) is 0.